The first-order valence-electron chi connectivity index (χ1n) is 7.33. The summed E-state index contributed by atoms with van der Waals surface area (Å²) >= 11 is 1.79. The van der Waals surface area contributed by atoms with Crippen LogP contribution in [0.1, 0.15) is 13.3 Å². The Morgan fingerprint density at radius 3 is 2.36 bits per heavy atom. The fourth-order valence-corrected chi connectivity index (χ4v) is 3.47. The van der Waals surface area contributed by atoms with Crippen molar-refractivity contribution in [2.24, 2.45) is 0 Å². The van der Waals surface area contributed by atoms with E-state index in [2.05, 4.69) is 27.4 Å². The molecule has 2 rings (SSSR count). The molecule has 22 heavy (non-hydrogen) atoms. The molecule has 0 saturated carbocycles. The maximum absolute atomic E-state index is 11.8. The minimum atomic E-state index is 0. The molecule has 2 saturated heterocycles. The molecule has 0 radical (unpaired) electrons. The smallest absolute Gasteiger partial charge is 0.238 e. The second kappa shape index (κ2) is 14.0. The molecule has 1 amide bonds. The number of carbonyl (C=O) groups is 1. The highest BCUT2D eigenvalue weighted by atomic mass is 35.5. The van der Waals surface area contributed by atoms with Crippen molar-refractivity contribution in [1.29, 1.82) is 0 Å². The molecule has 2 aliphatic heterocycles. The second-order valence-electron chi connectivity index (χ2n) is 5.19. The largest absolute Gasteiger partial charge is 0.355 e. The van der Waals surface area contributed by atoms with Crippen LogP contribution in [0, 0.1) is 0 Å². The van der Waals surface area contributed by atoms with Gasteiger partial charge >= 0.3 is 0 Å². The van der Waals surface area contributed by atoms with Gasteiger partial charge in [-0.05, 0) is 19.5 Å². The zero-order chi connectivity index (χ0) is 13.5. The van der Waals surface area contributed by atoms with E-state index in [-0.39, 0.29) is 49.2 Å². The van der Waals surface area contributed by atoms with Gasteiger partial charge in [0.15, 0.2) is 0 Å². The molecule has 134 valence electrons. The summed E-state index contributed by atoms with van der Waals surface area (Å²) in [7, 11) is 0. The van der Waals surface area contributed by atoms with Crippen LogP contribution < -0.4 is 10.6 Å². The van der Waals surface area contributed by atoms with E-state index < -0.39 is 0 Å². The zero-order valence-corrected chi connectivity index (χ0v) is 16.4. The summed E-state index contributed by atoms with van der Waals surface area (Å²) in [6.45, 7) is 10.0. The van der Waals surface area contributed by atoms with Crippen molar-refractivity contribution < 1.29 is 4.79 Å². The van der Waals surface area contributed by atoms with Crippen LogP contribution in [0.15, 0.2) is 0 Å². The maximum atomic E-state index is 11.8. The Balaban J connectivity index is 0. The molecule has 2 heterocycles. The van der Waals surface area contributed by atoms with Gasteiger partial charge in [0, 0.05) is 44.4 Å². The van der Waals surface area contributed by atoms with E-state index >= 15 is 0 Å². The van der Waals surface area contributed by atoms with Crippen molar-refractivity contribution in [3.63, 3.8) is 0 Å². The Kier molecular flexibility index (Phi) is 15.7. The lowest BCUT2D eigenvalue weighted by molar-refractivity contribution is -0.122. The summed E-state index contributed by atoms with van der Waals surface area (Å²) in [5.74, 6) is 1.98. The molecule has 0 aromatic rings. The van der Waals surface area contributed by atoms with Gasteiger partial charge in [0.1, 0.15) is 0 Å². The summed E-state index contributed by atoms with van der Waals surface area (Å²) in [5.41, 5.74) is 0. The molecular formula is C13H29Cl3N4OS. The summed E-state index contributed by atoms with van der Waals surface area (Å²) in [6, 6.07) is 0.0260. The van der Waals surface area contributed by atoms with Crippen LogP contribution in [0.3, 0.4) is 0 Å². The number of halogens is 3. The van der Waals surface area contributed by atoms with Gasteiger partial charge in [-0.2, -0.15) is 0 Å². The number of nitrogens with zero attached hydrogens (tertiary/aromatic N) is 2. The van der Waals surface area contributed by atoms with Crippen molar-refractivity contribution in [2.45, 2.75) is 19.4 Å². The summed E-state index contributed by atoms with van der Waals surface area (Å²) < 4.78 is 0. The summed E-state index contributed by atoms with van der Waals surface area (Å²) in [5, 5.41) is 6.23. The number of amides is 1. The molecule has 1 unspecified atom stereocenters. The van der Waals surface area contributed by atoms with Gasteiger partial charge < -0.3 is 15.1 Å². The second-order valence-corrected chi connectivity index (χ2v) is 6.22. The Morgan fingerprint density at radius 2 is 1.82 bits per heavy atom. The molecule has 5 nitrogen and oxygen atoms in total. The number of hydrogen-bond donors (Lipinski definition) is 2. The molecule has 9 heteroatoms. The van der Waals surface area contributed by atoms with Crippen molar-refractivity contribution in [1.82, 2.24) is 20.4 Å². The molecule has 0 spiro atoms. The quantitative estimate of drug-likeness (QED) is 0.659. The standard InChI is InChI=1S/C13H26N4OS.3ClH/c1-2-16-6-8-17(9-7-16)5-3-4-14-13(18)12-10-19-11-15-12;;;/h12,15H,2-11H2,1H3,(H,14,18);3*1H. The minimum Gasteiger partial charge on any atom is -0.355 e. The maximum Gasteiger partial charge on any atom is 0.238 e. The Labute approximate surface area is 156 Å². The van der Waals surface area contributed by atoms with Gasteiger partial charge in [-0.15, -0.1) is 49.0 Å². The Bertz CT molecular complexity index is 288. The van der Waals surface area contributed by atoms with Gasteiger partial charge in [0.25, 0.3) is 0 Å². The van der Waals surface area contributed by atoms with Gasteiger partial charge in [0.2, 0.25) is 5.91 Å². The summed E-state index contributed by atoms with van der Waals surface area (Å²) in [4.78, 5) is 16.8. The molecule has 0 bridgehead atoms. The highest BCUT2D eigenvalue weighted by Crippen LogP contribution is 2.09. The first-order chi connectivity index (χ1) is 9.29. The third kappa shape index (κ3) is 8.43. The number of carbonyl (C=O) groups excluding carboxylic acids is 1. The first-order valence-corrected chi connectivity index (χ1v) is 8.48. The zero-order valence-electron chi connectivity index (χ0n) is 13.1. The van der Waals surface area contributed by atoms with Crippen LogP contribution in [0.4, 0.5) is 0 Å². The molecule has 1 atom stereocenters. The number of hydrogen-bond acceptors (Lipinski definition) is 5. The van der Waals surface area contributed by atoms with Gasteiger partial charge in [-0.3, -0.25) is 10.1 Å². The number of thioether (sulfide) groups is 1. The molecule has 0 aliphatic carbocycles. The van der Waals surface area contributed by atoms with Crippen molar-refractivity contribution in [3.8, 4) is 0 Å². The lowest BCUT2D eigenvalue weighted by atomic mass is 10.2. The van der Waals surface area contributed by atoms with Crippen LogP contribution in [0.5, 0.6) is 0 Å². The topological polar surface area (TPSA) is 47.6 Å². The predicted molar refractivity (Wildman–Crippen MR) is 102 cm³/mol. The average molecular weight is 396 g/mol. The van der Waals surface area contributed by atoms with E-state index in [4.69, 9.17) is 0 Å². The molecule has 0 aromatic carbocycles. The van der Waals surface area contributed by atoms with Gasteiger partial charge in [-0.1, -0.05) is 6.92 Å². The van der Waals surface area contributed by atoms with E-state index in [1.165, 1.54) is 26.2 Å². The van der Waals surface area contributed by atoms with Crippen LogP contribution in [0.2, 0.25) is 0 Å². The first kappa shape index (κ1) is 24.8. The van der Waals surface area contributed by atoms with Gasteiger partial charge in [-0.25, -0.2) is 0 Å². The van der Waals surface area contributed by atoms with Gasteiger partial charge in [0.05, 0.1) is 6.04 Å². The van der Waals surface area contributed by atoms with Crippen molar-refractivity contribution in [3.05, 3.63) is 0 Å². The molecule has 2 fully saturated rings. The Morgan fingerprint density at radius 1 is 1.18 bits per heavy atom. The van der Waals surface area contributed by atoms with E-state index in [1.807, 2.05) is 0 Å². The SMILES string of the molecule is CCN1CCN(CCCNC(=O)C2CSCN2)CC1.Cl.Cl.Cl. The Hall–Kier alpha value is 0.570. The van der Waals surface area contributed by atoms with E-state index in [0.29, 0.717) is 0 Å². The van der Waals surface area contributed by atoms with Crippen LogP contribution in [0.25, 0.3) is 0 Å². The van der Waals surface area contributed by atoms with Crippen LogP contribution >= 0.6 is 49.0 Å². The van der Waals surface area contributed by atoms with Crippen molar-refractivity contribution in [2.75, 3.05) is 57.4 Å². The van der Waals surface area contributed by atoms with E-state index in [1.54, 1.807) is 11.8 Å². The van der Waals surface area contributed by atoms with E-state index in [0.717, 1.165) is 37.7 Å². The van der Waals surface area contributed by atoms with E-state index in [9.17, 15) is 4.79 Å². The number of likely N-dealkylation sites (N-methyl/N-ethyl adjacent to an activating group) is 1. The highest BCUT2D eigenvalue weighted by Gasteiger charge is 2.21. The molecular weight excluding hydrogens is 367 g/mol. The molecule has 2 N–H and O–H groups in total. The lowest BCUT2D eigenvalue weighted by Gasteiger charge is -2.34. The number of rotatable bonds is 6. The molecule has 0 aromatic heterocycles. The third-order valence-electron chi connectivity index (χ3n) is 3.90. The average Bonchev–Trinajstić information content (AvgIpc) is 2.98. The van der Waals surface area contributed by atoms with Crippen LogP contribution in [-0.2, 0) is 4.79 Å². The fourth-order valence-electron chi connectivity index (χ4n) is 2.53. The van der Waals surface area contributed by atoms with Crippen molar-refractivity contribution >= 4 is 54.9 Å². The van der Waals surface area contributed by atoms with Crippen LogP contribution in [-0.4, -0.2) is 79.2 Å². The fraction of sp³-hybridized carbons (Fsp3) is 0.923. The number of nitrogens with one attached hydrogen (secondary N) is 2. The number of piperazine rings is 1. The lowest BCUT2D eigenvalue weighted by Crippen LogP contribution is -2.47. The normalized spacial score (nSPS) is 22.1. The summed E-state index contributed by atoms with van der Waals surface area (Å²) in [6.07, 6.45) is 1.05. The monoisotopic (exact) mass is 394 g/mol. The highest BCUT2D eigenvalue weighted by molar-refractivity contribution is 7.99. The minimum absolute atomic E-state index is 0. The molecule has 2 aliphatic rings. The third-order valence-corrected chi connectivity index (χ3v) is 4.84. The predicted octanol–water partition coefficient (Wildman–Crippen LogP) is 1.06.